The Kier molecular flexibility index (Phi) is 6.40. The monoisotopic (exact) mass is 246 g/mol. The van der Waals surface area contributed by atoms with Crippen molar-refractivity contribution in [1.29, 1.82) is 0 Å². The Morgan fingerprint density at radius 3 is 2.39 bits per heavy atom. The fourth-order valence-corrected chi connectivity index (χ4v) is 1.28. The van der Waals surface area contributed by atoms with Gasteiger partial charge in [-0.15, -0.1) is 0 Å². The number of rotatable bonds is 3. The Balaban J connectivity index is 0.00000144. The van der Waals surface area contributed by atoms with E-state index in [1.807, 2.05) is 0 Å². The molecule has 2 rings (SSSR count). The van der Waals surface area contributed by atoms with E-state index in [0.29, 0.717) is 0 Å². The summed E-state index contributed by atoms with van der Waals surface area (Å²) in [6.07, 6.45) is 1.38. The molecule has 0 saturated carbocycles. The van der Waals surface area contributed by atoms with Crippen molar-refractivity contribution < 1.29 is 37.9 Å². The van der Waals surface area contributed by atoms with Gasteiger partial charge in [-0.3, -0.25) is 5.10 Å². The Morgan fingerprint density at radius 1 is 1.28 bits per heavy atom. The van der Waals surface area contributed by atoms with E-state index < -0.39 is 11.6 Å². The molecule has 0 amide bonds. The molecule has 1 aromatic heterocycles. The minimum absolute atomic E-state index is 0. The summed E-state index contributed by atoms with van der Waals surface area (Å²) in [5.41, 5.74) is -0.126. The number of aromatic nitrogens is 3. The van der Waals surface area contributed by atoms with Gasteiger partial charge in [0.25, 0.3) is 0 Å². The van der Waals surface area contributed by atoms with E-state index in [4.69, 9.17) is 0 Å². The number of aromatic amines is 1. The van der Waals surface area contributed by atoms with Gasteiger partial charge in [0.15, 0.2) is 5.82 Å². The van der Waals surface area contributed by atoms with Crippen molar-refractivity contribution in [2.75, 3.05) is 0 Å². The minimum Gasteiger partial charge on any atom is -0.870 e. The first-order chi connectivity index (χ1) is 7.70. The molecular weight excluding hydrogens is 239 g/mol. The minimum atomic E-state index is -0.665. The van der Waals surface area contributed by atoms with Crippen molar-refractivity contribution >= 4 is 6.29 Å². The van der Waals surface area contributed by atoms with Crippen LogP contribution in [0.3, 0.4) is 0 Å². The van der Waals surface area contributed by atoms with Crippen LogP contribution in [0.2, 0.25) is 0 Å². The van der Waals surface area contributed by atoms with Gasteiger partial charge in [-0.1, -0.05) is 6.07 Å². The van der Waals surface area contributed by atoms with Gasteiger partial charge < -0.3 is 10.3 Å². The number of halogens is 2. The third-order valence-electron chi connectivity index (χ3n) is 2.02. The topological polar surface area (TPSA) is 88.6 Å². The summed E-state index contributed by atoms with van der Waals surface area (Å²) in [5, 5.41) is 5.92. The maximum Gasteiger partial charge on any atom is 1.00 e. The number of H-pyrrole nitrogens is 1. The molecule has 0 aliphatic rings. The second kappa shape index (κ2) is 7.01. The average molecular weight is 246 g/mol. The zero-order valence-electron chi connectivity index (χ0n) is 9.44. The number of benzene rings is 1. The summed E-state index contributed by atoms with van der Waals surface area (Å²) in [7, 11) is 0. The van der Waals surface area contributed by atoms with Gasteiger partial charge in [0, 0.05) is 17.8 Å². The smallest absolute Gasteiger partial charge is 0.870 e. The van der Waals surface area contributed by atoms with Crippen LogP contribution in [0.1, 0.15) is 17.2 Å². The Labute approximate surface area is 113 Å². The van der Waals surface area contributed by atoms with Gasteiger partial charge in [0.1, 0.15) is 11.6 Å². The fourth-order valence-electron chi connectivity index (χ4n) is 1.28. The van der Waals surface area contributed by atoms with Crippen molar-refractivity contribution in [1.82, 2.24) is 15.2 Å². The van der Waals surface area contributed by atoms with E-state index in [-0.39, 0.29) is 48.0 Å². The molecule has 0 fully saturated rings. The predicted molar refractivity (Wildman–Crippen MR) is 52.3 cm³/mol. The van der Waals surface area contributed by atoms with Crippen LogP contribution in [-0.4, -0.2) is 26.9 Å². The molecule has 5 nitrogen and oxygen atoms in total. The molecule has 1 heterocycles. The van der Waals surface area contributed by atoms with Crippen molar-refractivity contribution in [3.63, 3.8) is 0 Å². The zero-order chi connectivity index (χ0) is 11.5. The molecule has 2 aromatic rings. The molecule has 0 bridgehead atoms. The normalized spacial score (nSPS) is 9.22. The Morgan fingerprint density at radius 2 is 1.89 bits per heavy atom. The summed E-state index contributed by atoms with van der Waals surface area (Å²) in [5.74, 6) is -1.28. The van der Waals surface area contributed by atoms with E-state index in [1.54, 1.807) is 0 Å². The molecule has 18 heavy (non-hydrogen) atoms. The average Bonchev–Trinajstić information content (AvgIpc) is 2.71. The van der Waals surface area contributed by atoms with Gasteiger partial charge in [-0.05, 0) is 12.1 Å². The van der Waals surface area contributed by atoms with E-state index in [2.05, 4.69) is 15.2 Å². The first-order valence-corrected chi connectivity index (χ1v) is 4.43. The molecule has 8 heteroatoms. The van der Waals surface area contributed by atoms with E-state index in [9.17, 15) is 13.6 Å². The SMILES string of the molecule is O=[C-]c1nc(Cc2c(F)cccc2F)n[nH]1.[Li+].[OH-]. The summed E-state index contributed by atoms with van der Waals surface area (Å²) in [6.45, 7) is 0. The summed E-state index contributed by atoms with van der Waals surface area (Å²) < 4.78 is 26.5. The van der Waals surface area contributed by atoms with Crippen molar-refractivity contribution in [2.24, 2.45) is 0 Å². The molecular formula is C10H7F2LiN3O2-. The van der Waals surface area contributed by atoms with Gasteiger partial charge in [0.05, 0.1) is 0 Å². The fraction of sp³-hybridized carbons (Fsp3) is 0.100. The second-order valence-corrected chi connectivity index (χ2v) is 3.08. The first-order valence-electron chi connectivity index (χ1n) is 4.43. The van der Waals surface area contributed by atoms with E-state index in [0.717, 1.165) is 12.1 Å². The van der Waals surface area contributed by atoms with Gasteiger partial charge >= 0.3 is 18.9 Å². The summed E-state index contributed by atoms with van der Waals surface area (Å²) in [4.78, 5) is 13.9. The standard InChI is InChI=1S/C10H6F2N3O.Li.H2O/c11-7-2-1-3-8(12)6(7)4-9-13-10(5-16)15-14-9;;/h1-3H,4H2,(H,13,14,15);;1H2/q-1;+1;/p-1. The molecule has 0 atom stereocenters. The zero-order valence-corrected chi connectivity index (χ0v) is 9.44. The van der Waals surface area contributed by atoms with Crippen LogP contribution in [0.5, 0.6) is 0 Å². The summed E-state index contributed by atoms with van der Waals surface area (Å²) >= 11 is 0. The molecule has 90 valence electrons. The van der Waals surface area contributed by atoms with Crippen LogP contribution in [-0.2, 0) is 11.2 Å². The number of hydrogen-bond acceptors (Lipinski definition) is 4. The molecule has 0 spiro atoms. The van der Waals surface area contributed by atoms with Gasteiger partial charge in [0.2, 0.25) is 0 Å². The molecule has 2 N–H and O–H groups in total. The third-order valence-corrected chi connectivity index (χ3v) is 2.02. The van der Waals surface area contributed by atoms with Crippen LogP contribution in [0, 0.1) is 11.6 Å². The first kappa shape index (κ1) is 16.4. The maximum absolute atomic E-state index is 13.2. The molecule has 0 aliphatic heterocycles. The molecule has 0 unspecified atom stereocenters. The van der Waals surface area contributed by atoms with Crippen LogP contribution < -0.4 is 18.9 Å². The van der Waals surface area contributed by atoms with Crippen LogP contribution in [0.4, 0.5) is 8.78 Å². The quantitative estimate of drug-likeness (QED) is 0.499. The van der Waals surface area contributed by atoms with Crippen molar-refractivity contribution in [3.05, 3.63) is 47.0 Å². The van der Waals surface area contributed by atoms with Crippen LogP contribution >= 0.6 is 0 Å². The Hall–Kier alpha value is -1.55. The van der Waals surface area contributed by atoms with Gasteiger partial charge in [-0.25, -0.2) is 13.8 Å². The molecule has 1 aromatic carbocycles. The van der Waals surface area contributed by atoms with Crippen molar-refractivity contribution in [2.45, 2.75) is 6.42 Å². The largest absolute Gasteiger partial charge is 1.00 e. The second-order valence-electron chi connectivity index (χ2n) is 3.08. The van der Waals surface area contributed by atoms with Gasteiger partial charge in [-0.2, -0.15) is 11.4 Å². The molecule has 0 radical (unpaired) electrons. The van der Waals surface area contributed by atoms with E-state index in [1.165, 1.54) is 12.4 Å². The van der Waals surface area contributed by atoms with E-state index >= 15 is 0 Å². The number of nitrogens with one attached hydrogen (secondary N) is 1. The predicted octanol–water partition coefficient (Wildman–Crippen LogP) is -2.04. The summed E-state index contributed by atoms with van der Waals surface area (Å²) in [6, 6.07) is 3.58. The number of carbonyl (C=O) groups excluding carboxylic acids is 1. The molecule has 0 aliphatic carbocycles. The third kappa shape index (κ3) is 3.47. The van der Waals surface area contributed by atoms with Crippen LogP contribution in [0.15, 0.2) is 18.2 Å². The van der Waals surface area contributed by atoms with Crippen LogP contribution in [0.25, 0.3) is 0 Å². The number of hydrogen-bond donors (Lipinski definition) is 1. The van der Waals surface area contributed by atoms with Crippen molar-refractivity contribution in [3.8, 4) is 0 Å². The number of nitrogens with zero attached hydrogens (tertiary/aromatic N) is 2. The Bertz CT molecular complexity index is 513. The molecule has 0 saturated heterocycles. The maximum atomic E-state index is 13.2.